The Balaban J connectivity index is 1.73. The average Bonchev–Trinajstić information content (AvgIpc) is 3.29. The molecule has 36 heavy (non-hydrogen) atoms. The van der Waals surface area contributed by atoms with Crippen molar-refractivity contribution in [2.45, 2.75) is 58.2 Å². The van der Waals surface area contributed by atoms with Crippen molar-refractivity contribution < 1.29 is 18.5 Å². The third kappa shape index (κ3) is 3.83. The van der Waals surface area contributed by atoms with Crippen molar-refractivity contribution >= 4 is 42.4 Å². The number of rotatable bonds is 7. The minimum atomic E-state index is -2.18. The number of para-hydroxylation sites is 2. The average molecular weight is 499 g/mol. The molecule has 0 aliphatic carbocycles. The van der Waals surface area contributed by atoms with Crippen LogP contribution in [0.3, 0.4) is 0 Å². The summed E-state index contributed by atoms with van der Waals surface area (Å²) in [6.45, 7) is 13.9. The van der Waals surface area contributed by atoms with E-state index in [9.17, 15) is 0 Å². The Morgan fingerprint density at radius 3 is 1.81 bits per heavy atom. The van der Waals surface area contributed by atoms with Gasteiger partial charge in [0.2, 0.25) is 0 Å². The van der Waals surface area contributed by atoms with Crippen molar-refractivity contribution in [2.24, 2.45) is 0 Å². The fourth-order valence-corrected chi connectivity index (χ4v) is 11.5. The maximum absolute atomic E-state index is 7.20. The molecule has 4 aromatic rings. The van der Waals surface area contributed by atoms with E-state index in [0.717, 1.165) is 50.0 Å². The van der Waals surface area contributed by atoms with Crippen LogP contribution in [0.5, 0.6) is 23.0 Å². The third-order valence-electron chi connectivity index (χ3n) is 7.72. The molecule has 0 amide bonds. The number of fused-ring (bicyclic) bond motifs is 3. The molecule has 0 N–H and O–H groups in total. The Bertz CT molecular complexity index is 1370. The zero-order chi connectivity index (χ0) is 25.6. The molecule has 0 unspecified atom stereocenters. The van der Waals surface area contributed by atoms with Gasteiger partial charge in [0.25, 0.3) is 8.32 Å². The lowest BCUT2D eigenvalue weighted by Gasteiger charge is -2.42. The van der Waals surface area contributed by atoms with E-state index in [1.807, 2.05) is 30.3 Å². The summed E-state index contributed by atoms with van der Waals surface area (Å²) in [5, 5.41) is 4.18. The van der Waals surface area contributed by atoms with E-state index >= 15 is 0 Å². The lowest BCUT2D eigenvalue weighted by atomic mass is 9.75. The molecule has 0 spiro atoms. The summed E-state index contributed by atoms with van der Waals surface area (Å²) < 4.78 is 25.8. The monoisotopic (exact) mass is 498 g/mol. The van der Waals surface area contributed by atoms with Gasteiger partial charge < -0.3 is 18.5 Å². The first-order valence-electron chi connectivity index (χ1n) is 12.9. The maximum atomic E-state index is 7.20. The second kappa shape index (κ2) is 9.40. The van der Waals surface area contributed by atoms with Crippen LogP contribution >= 0.6 is 0 Å². The molecule has 1 heterocycles. The fourth-order valence-electron chi connectivity index (χ4n) is 6.23. The van der Waals surface area contributed by atoms with Crippen molar-refractivity contribution in [2.75, 3.05) is 7.11 Å². The second-order valence-electron chi connectivity index (χ2n) is 10.6. The van der Waals surface area contributed by atoms with E-state index in [-0.39, 0.29) is 0 Å². The molecule has 4 nitrogen and oxygen atoms in total. The first-order chi connectivity index (χ1) is 17.3. The van der Waals surface area contributed by atoms with E-state index in [4.69, 9.17) is 18.5 Å². The van der Waals surface area contributed by atoms with Crippen LogP contribution in [-0.2, 0) is 0 Å². The van der Waals surface area contributed by atoms with E-state index in [1.54, 1.807) is 7.11 Å². The molecule has 0 aromatic heterocycles. The van der Waals surface area contributed by atoms with Gasteiger partial charge in [0.1, 0.15) is 23.0 Å². The van der Waals surface area contributed by atoms with Crippen molar-refractivity contribution in [3.05, 3.63) is 66.7 Å². The van der Waals surface area contributed by atoms with Crippen LogP contribution < -0.4 is 23.9 Å². The van der Waals surface area contributed by atoms with Crippen molar-refractivity contribution in [1.29, 1.82) is 0 Å². The highest BCUT2D eigenvalue weighted by molar-refractivity contribution is 6.78. The molecule has 0 atom stereocenters. The standard InChI is InChI=1S/C30H35BO4Si/c1-19(2)36(20(3)4,21(5)6)35-27-17-11-13-23-18-22-12-10-14-24(28(22)30(32-7)29(23)27)31-33-25-15-8-9-16-26(25)34-31/h8-21H,1-7H3. The third-order valence-corrected chi connectivity index (χ3v) is 13.7. The lowest BCUT2D eigenvalue weighted by molar-refractivity contribution is 0.422. The van der Waals surface area contributed by atoms with E-state index < -0.39 is 15.4 Å². The smallest absolute Gasteiger partial charge is 0.542 e. The molecule has 6 heteroatoms. The van der Waals surface area contributed by atoms with Gasteiger partial charge >= 0.3 is 7.12 Å². The molecule has 0 radical (unpaired) electrons. The molecule has 4 aromatic carbocycles. The van der Waals surface area contributed by atoms with Gasteiger partial charge in [0.15, 0.2) is 0 Å². The van der Waals surface area contributed by atoms with Crippen molar-refractivity contribution in [3.8, 4) is 23.0 Å². The number of hydrogen-bond donors (Lipinski definition) is 0. The highest BCUT2D eigenvalue weighted by Crippen LogP contribution is 2.47. The summed E-state index contributed by atoms with van der Waals surface area (Å²) in [7, 11) is -0.976. The summed E-state index contributed by atoms with van der Waals surface area (Å²) in [5.41, 5.74) is 2.34. The molecule has 0 bridgehead atoms. The van der Waals surface area contributed by atoms with Gasteiger partial charge in [-0.1, -0.05) is 84.0 Å². The summed E-state index contributed by atoms with van der Waals surface area (Å²) >= 11 is 0. The van der Waals surface area contributed by atoms with Crippen LogP contribution in [-0.4, -0.2) is 22.5 Å². The van der Waals surface area contributed by atoms with Gasteiger partial charge in [0.05, 0.1) is 12.5 Å². The molecule has 1 aliphatic rings. The predicted molar refractivity (Wildman–Crippen MR) is 153 cm³/mol. The first-order valence-corrected chi connectivity index (χ1v) is 15.1. The highest BCUT2D eigenvalue weighted by atomic mass is 28.4. The van der Waals surface area contributed by atoms with Crippen molar-refractivity contribution in [1.82, 2.24) is 0 Å². The van der Waals surface area contributed by atoms with E-state index in [0.29, 0.717) is 16.6 Å². The zero-order valence-corrected chi connectivity index (χ0v) is 23.3. The van der Waals surface area contributed by atoms with E-state index in [1.165, 1.54) is 0 Å². The van der Waals surface area contributed by atoms with Gasteiger partial charge in [-0.25, -0.2) is 0 Å². The SMILES string of the molecule is COc1c2c(O[Si](C(C)C)(C(C)C)C(C)C)cccc2cc2cccc(B3Oc4ccccc4O3)c12. The largest absolute Gasteiger partial charge is 0.633 e. The van der Waals surface area contributed by atoms with Gasteiger partial charge in [0, 0.05) is 10.8 Å². The fraction of sp³-hybridized carbons (Fsp3) is 0.333. The molecule has 0 saturated heterocycles. The Labute approximate surface area is 215 Å². The van der Waals surface area contributed by atoms with Gasteiger partial charge in [-0.2, -0.15) is 0 Å². The number of benzene rings is 4. The zero-order valence-electron chi connectivity index (χ0n) is 22.3. The predicted octanol–water partition coefficient (Wildman–Crippen LogP) is 7.72. The quantitative estimate of drug-likeness (QED) is 0.193. The molecule has 1 aliphatic heterocycles. The Morgan fingerprint density at radius 1 is 0.694 bits per heavy atom. The summed E-state index contributed by atoms with van der Waals surface area (Å²) in [6.07, 6.45) is 0. The van der Waals surface area contributed by atoms with Crippen LogP contribution in [0.2, 0.25) is 16.6 Å². The lowest BCUT2D eigenvalue weighted by Crippen LogP contribution is -2.50. The van der Waals surface area contributed by atoms with Gasteiger partial charge in [-0.3, -0.25) is 0 Å². The van der Waals surface area contributed by atoms with Crippen LogP contribution in [0.4, 0.5) is 0 Å². The number of hydrogen-bond acceptors (Lipinski definition) is 4. The Kier molecular flexibility index (Phi) is 6.41. The maximum Gasteiger partial charge on any atom is 0.633 e. The molecule has 0 saturated carbocycles. The molecule has 5 rings (SSSR count). The molecule has 0 fully saturated rings. The topological polar surface area (TPSA) is 36.9 Å². The van der Waals surface area contributed by atoms with Crippen LogP contribution in [0.15, 0.2) is 66.7 Å². The van der Waals surface area contributed by atoms with Crippen molar-refractivity contribution in [3.63, 3.8) is 0 Å². The molecular formula is C30H35BO4Si. The van der Waals surface area contributed by atoms with E-state index in [2.05, 4.69) is 77.9 Å². The number of methoxy groups -OCH3 is 1. The minimum absolute atomic E-state index is 0.466. The van der Waals surface area contributed by atoms with Gasteiger partial charge in [-0.15, -0.1) is 0 Å². The normalized spacial score (nSPS) is 13.4. The van der Waals surface area contributed by atoms with Gasteiger partial charge in [-0.05, 0) is 51.7 Å². The molecular weight excluding hydrogens is 463 g/mol. The summed E-state index contributed by atoms with van der Waals surface area (Å²) in [4.78, 5) is 0. The second-order valence-corrected chi connectivity index (χ2v) is 16.0. The van der Waals surface area contributed by atoms with Crippen LogP contribution in [0.25, 0.3) is 21.5 Å². The summed E-state index contributed by atoms with van der Waals surface area (Å²) in [6, 6.07) is 22.6. The highest BCUT2D eigenvalue weighted by Gasteiger charge is 2.47. The number of ether oxygens (including phenoxy) is 1. The van der Waals surface area contributed by atoms with Crippen LogP contribution in [0.1, 0.15) is 41.5 Å². The Hall–Kier alpha value is -3.12. The Morgan fingerprint density at radius 2 is 1.25 bits per heavy atom. The molecule has 186 valence electrons. The minimum Gasteiger partial charge on any atom is -0.542 e. The summed E-state index contributed by atoms with van der Waals surface area (Å²) in [5.74, 6) is 3.21. The first kappa shape index (κ1) is 24.6. The van der Waals surface area contributed by atoms with Crippen LogP contribution in [0, 0.1) is 0 Å².